The summed E-state index contributed by atoms with van der Waals surface area (Å²) in [6.45, 7) is 0.764. The smallest absolute Gasteiger partial charge is 0.282 e. The Morgan fingerprint density at radius 2 is 2.22 bits per heavy atom. The quantitative estimate of drug-likeness (QED) is 0.869. The van der Waals surface area contributed by atoms with Crippen LogP contribution in [-0.4, -0.2) is 16.3 Å². The molecule has 0 aliphatic heterocycles. The third kappa shape index (κ3) is 3.21. The Balaban J connectivity index is 1.99. The second-order valence-corrected chi connectivity index (χ2v) is 7.02. The molecule has 0 aliphatic rings. The summed E-state index contributed by atoms with van der Waals surface area (Å²) < 4.78 is 2.95. The van der Waals surface area contributed by atoms with Gasteiger partial charge in [0.15, 0.2) is 0 Å². The molecule has 0 radical (unpaired) electrons. The van der Waals surface area contributed by atoms with Gasteiger partial charge in [0, 0.05) is 18.5 Å². The van der Waals surface area contributed by atoms with Crippen LogP contribution in [0.4, 0.5) is 5.69 Å². The van der Waals surface area contributed by atoms with Gasteiger partial charge in [0.25, 0.3) is 5.56 Å². The third-order valence-corrected chi connectivity index (χ3v) is 4.84. The summed E-state index contributed by atoms with van der Waals surface area (Å²) >= 11 is 8.43. The molecular weight excluding hydrogens is 382 g/mol. The molecule has 1 N–H and O–H groups in total. The summed E-state index contributed by atoms with van der Waals surface area (Å²) in [5.74, 6) is 0. The molecule has 0 saturated carbocycles. The Kier molecular flexibility index (Phi) is 4.58. The molecule has 96 valence electrons. The molecular formula is C11H11Br2N3OS. The first-order chi connectivity index (χ1) is 8.58. The fraction of sp³-hybridized carbons (Fsp3) is 0.273. The van der Waals surface area contributed by atoms with Crippen LogP contribution in [0.1, 0.15) is 4.88 Å². The van der Waals surface area contributed by atoms with Gasteiger partial charge < -0.3 is 5.32 Å². The number of hydrogen-bond acceptors (Lipinski definition) is 4. The van der Waals surface area contributed by atoms with Crippen molar-refractivity contribution in [2.45, 2.75) is 6.42 Å². The largest absolute Gasteiger partial charge is 0.382 e. The van der Waals surface area contributed by atoms with Gasteiger partial charge in [-0.3, -0.25) is 4.79 Å². The van der Waals surface area contributed by atoms with Gasteiger partial charge in [0.1, 0.15) is 4.47 Å². The van der Waals surface area contributed by atoms with E-state index in [0.29, 0.717) is 4.47 Å². The molecule has 2 rings (SSSR count). The number of halogens is 2. The molecule has 0 unspecified atom stereocenters. The summed E-state index contributed by atoms with van der Waals surface area (Å²) in [5.41, 5.74) is 0.590. The Bertz CT molecular complexity index is 609. The van der Waals surface area contributed by atoms with Crippen molar-refractivity contribution in [3.63, 3.8) is 0 Å². The van der Waals surface area contributed by atoms with Gasteiger partial charge in [-0.2, -0.15) is 5.10 Å². The van der Waals surface area contributed by atoms with Gasteiger partial charge in [0.05, 0.1) is 15.7 Å². The molecule has 0 amide bonds. The Morgan fingerprint density at radius 1 is 1.44 bits per heavy atom. The highest BCUT2D eigenvalue weighted by molar-refractivity contribution is 9.11. The van der Waals surface area contributed by atoms with Crippen molar-refractivity contribution < 1.29 is 0 Å². The van der Waals surface area contributed by atoms with Crippen LogP contribution < -0.4 is 10.9 Å². The first-order valence-corrected chi connectivity index (χ1v) is 7.68. The van der Waals surface area contributed by atoms with Crippen molar-refractivity contribution in [1.29, 1.82) is 0 Å². The molecule has 0 fully saturated rings. The van der Waals surface area contributed by atoms with Crippen molar-refractivity contribution in [3.8, 4) is 0 Å². The van der Waals surface area contributed by atoms with Gasteiger partial charge in [-0.25, -0.2) is 4.68 Å². The van der Waals surface area contributed by atoms with Crippen LogP contribution in [0.25, 0.3) is 0 Å². The zero-order chi connectivity index (χ0) is 13.1. The molecule has 2 heterocycles. The van der Waals surface area contributed by atoms with E-state index in [0.717, 1.165) is 22.4 Å². The second-order valence-electron chi connectivity index (χ2n) is 3.68. The lowest BCUT2D eigenvalue weighted by Gasteiger charge is -2.07. The van der Waals surface area contributed by atoms with E-state index in [1.807, 2.05) is 6.07 Å². The lowest BCUT2D eigenvalue weighted by atomic mass is 10.3. The molecule has 0 spiro atoms. The minimum absolute atomic E-state index is 0.140. The minimum Gasteiger partial charge on any atom is -0.382 e. The van der Waals surface area contributed by atoms with Gasteiger partial charge in [-0.05, 0) is 50.4 Å². The summed E-state index contributed by atoms with van der Waals surface area (Å²) in [6, 6.07) is 4.13. The monoisotopic (exact) mass is 391 g/mol. The second kappa shape index (κ2) is 5.99. The van der Waals surface area contributed by atoms with Crippen LogP contribution in [0.2, 0.25) is 0 Å². The standard InChI is InChI=1S/C11H11Br2N3OS/c1-16-11(17)10(13)8(6-15-16)14-5-4-7-2-3-9(12)18-7/h2-3,6,14H,4-5H2,1H3. The molecule has 2 aromatic rings. The number of aryl methyl sites for hydroxylation is 1. The fourth-order valence-corrected chi connectivity index (χ4v) is 3.42. The Hall–Kier alpha value is -0.660. The molecule has 0 aromatic carbocycles. The molecule has 7 heteroatoms. The number of anilines is 1. The Morgan fingerprint density at radius 3 is 2.89 bits per heavy atom. The average molecular weight is 393 g/mol. The number of aromatic nitrogens is 2. The van der Waals surface area contributed by atoms with Crippen LogP contribution in [0, 0.1) is 0 Å². The van der Waals surface area contributed by atoms with E-state index >= 15 is 0 Å². The first kappa shape index (κ1) is 13.8. The summed E-state index contributed by atoms with van der Waals surface area (Å²) in [4.78, 5) is 12.9. The van der Waals surface area contributed by atoms with E-state index in [1.165, 1.54) is 9.56 Å². The molecule has 0 aliphatic carbocycles. The average Bonchev–Trinajstić information content (AvgIpc) is 2.75. The van der Waals surface area contributed by atoms with Crippen LogP contribution in [0.3, 0.4) is 0 Å². The van der Waals surface area contributed by atoms with Gasteiger partial charge in [0.2, 0.25) is 0 Å². The highest BCUT2D eigenvalue weighted by atomic mass is 79.9. The zero-order valence-corrected chi connectivity index (χ0v) is 13.6. The molecule has 0 bridgehead atoms. The molecule has 0 saturated heterocycles. The van der Waals surface area contributed by atoms with E-state index in [2.05, 4.69) is 48.3 Å². The summed E-state index contributed by atoms with van der Waals surface area (Å²) in [5, 5.41) is 7.18. The molecule has 0 atom stereocenters. The van der Waals surface area contributed by atoms with Crippen molar-refractivity contribution in [2.75, 3.05) is 11.9 Å². The normalized spacial score (nSPS) is 10.6. The molecule has 4 nitrogen and oxygen atoms in total. The van der Waals surface area contributed by atoms with E-state index in [9.17, 15) is 4.79 Å². The van der Waals surface area contributed by atoms with Crippen LogP contribution in [-0.2, 0) is 13.5 Å². The predicted octanol–water partition coefficient (Wildman–Crippen LogP) is 3.02. The Labute approximate surface area is 125 Å². The van der Waals surface area contributed by atoms with Crippen molar-refractivity contribution in [3.05, 3.63) is 41.8 Å². The van der Waals surface area contributed by atoms with E-state index in [-0.39, 0.29) is 5.56 Å². The maximum Gasteiger partial charge on any atom is 0.282 e. The SMILES string of the molecule is Cn1ncc(NCCc2ccc(Br)s2)c(Br)c1=O. The summed E-state index contributed by atoms with van der Waals surface area (Å²) in [6.07, 6.45) is 2.56. The lowest BCUT2D eigenvalue weighted by Crippen LogP contribution is -2.21. The van der Waals surface area contributed by atoms with E-state index in [1.54, 1.807) is 24.6 Å². The van der Waals surface area contributed by atoms with Gasteiger partial charge >= 0.3 is 0 Å². The molecule has 2 aromatic heterocycles. The number of rotatable bonds is 4. The highest BCUT2D eigenvalue weighted by Gasteiger charge is 2.06. The maximum atomic E-state index is 11.6. The van der Waals surface area contributed by atoms with Crippen molar-refractivity contribution >= 4 is 48.9 Å². The zero-order valence-electron chi connectivity index (χ0n) is 9.61. The van der Waals surface area contributed by atoms with Crippen LogP contribution in [0.5, 0.6) is 0 Å². The highest BCUT2D eigenvalue weighted by Crippen LogP contribution is 2.22. The number of nitrogens with zero attached hydrogens (tertiary/aromatic N) is 2. The van der Waals surface area contributed by atoms with Crippen LogP contribution in [0.15, 0.2) is 31.4 Å². The molecule has 18 heavy (non-hydrogen) atoms. The van der Waals surface area contributed by atoms with Crippen molar-refractivity contribution in [1.82, 2.24) is 9.78 Å². The predicted molar refractivity (Wildman–Crippen MR) is 81.4 cm³/mol. The third-order valence-electron chi connectivity index (χ3n) is 2.39. The lowest BCUT2D eigenvalue weighted by molar-refractivity contribution is 0.703. The maximum absolute atomic E-state index is 11.6. The van der Waals surface area contributed by atoms with Gasteiger partial charge in [-0.1, -0.05) is 0 Å². The summed E-state index contributed by atoms with van der Waals surface area (Å²) in [7, 11) is 1.63. The van der Waals surface area contributed by atoms with Crippen LogP contribution >= 0.6 is 43.2 Å². The number of thiophene rings is 1. The first-order valence-electron chi connectivity index (χ1n) is 5.28. The van der Waals surface area contributed by atoms with E-state index in [4.69, 9.17) is 0 Å². The minimum atomic E-state index is -0.140. The van der Waals surface area contributed by atoms with Gasteiger partial charge in [-0.15, -0.1) is 11.3 Å². The van der Waals surface area contributed by atoms with E-state index < -0.39 is 0 Å². The fourth-order valence-electron chi connectivity index (χ4n) is 1.44. The topological polar surface area (TPSA) is 46.9 Å². The van der Waals surface area contributed by atoms with Crippen molar-refractivity contribution in [2.24, 2.45) is 7.05 Å². The number of hydrogen-bond donors (Lipinski definition) is 1. The number of nitrogens with one attached hydrogen (secondary N) is 1.